The first-order valence-electron chi connectivity index (χ1n) is 5.16. The summed E-state index contributed by atoms with van der Waals surface area (Å²) in [6.07, 6.45) is -0.274. The molecule has 2 rings (SSSR count). The Bertz CT molecular complexity index is 546. The van der Waals surface area contributed by atoms with E-state index < -0.39 is 0 Å². The molecule has 0 saturated heterocycles. The Kier molecular flexibility index (Phi) is 1.55. The lowest BCUT2D eigenvalue weighted by molar-refractivity contribution is 1.04. The lowest BCUT2D eigenvalue weighted by Crippen LogP contribution is -1.84. The maximum Gasteiger partial charge on any atom is 0.0930 e. The minimum Gasteiger partial charge on any atom is -0.159 e. The summed E-state index contributed by atoms with van der Waals surface area (Å²) < 4.78 is 23.4. The molecule has 1 aromatic heterocycles. The average molecular weight is 238 g/mol. The normalized spacial score (nSPS) is 13.2. The van der Waals surface area contributed by atoms with Gasteiger partial charge in [0.05, 0.1) is 9.81 Å². The van der Waals surface area contributed by atoms with Crippen molar-refractivity contribution in [2.24, 2.45) is 0 Å². The molecule has 0 aliphatic carbocycles. The SMILES string of the molecule is [2H]c1nnc(-c2cccc(Br)c2)c([2H])c1[2H]. The fraction of sp³-hybridized carbons (Fsp3) is 0. The summed E-state index contributed by atoms with van der Waals surface area (Å²) in [7, 11) is 0. The van der Waals surface area contributed by atoms with E-state index in [9.17, 15) is 0 Å². The van der Waals surface area contributed by atoms with E-state index in [2.05, 4.69) is 26.1 Å². The molecule has 1 heterocycles. The van der Waals surface area contributed by atoms with Gasteiger partial charge in [0.25, 0.3) is 0 Å². The van der Waals surface area contributed by atoms with Crippen molar-refractivity contribution >= 4 is 15.9 Å². The molecular weight excluding hydrogens is 228 g/mol. The molecule has 0 aliphatic rings. The molecule has 2 aromatic rings. The first kappa shape index (κ1) is 5.50. The van der Waals surface area contributed by atoms with E-state index in [1.165, 1.54) is 0 Å². The van der Waals surface area contributed by atoms with E-state index in [-0.39, 0.29) is 18.3 Å². The molecule has 2 nitrogen and oxygen atoms in total. The number of hydrogen-bond donors (Lipinski definition) is 0. The third-order valence-corrected chi connectivity index (χ3v) is 2.03. The summed E-state index contributed by atoms with van der Waals surface area (Å²) in [6.45, 7) is 0. The number of halogens is 1. The molecule has 0 fully saturated rings. The van der Waals surface area contributed by atoms with Crippen molar-refractivity contribution in [3.8, 4) is 11.3 Å². The van der Waals surface area contributed by atoms with E-state index in [0.29, 0.717) is 11.3 Å². The van der Waals surface area contributed by atoms with Gasteiger partial charge in [-0.05, 0) is 24.2 Å². The van der Waals surface area contributed by atoms with Gasteiger partial charge >= 0.3 is 0 Å². The van der Waals surface area contributed by atoms with E-state index >= 15 is 0 Å². The molecule has 0 bridgehead atoms. The van der Waals surface area contributed by atoms with Crippen LogP contribution in [0.2, 0.25) is 0 Å². The maximum absolute atomic E-state index is 7.72. The largest absolute Gasteiger partial charge is 0.159 e. The number of nitrogens with zero attached hydrogens (tertiary/aromatic N) is 2. The molecular formula is C10H7BrN2. The second kappa shape index (κ2) is 3.66. The number of benzene rings is 1. The van der Waals surface area contributed by atoms with Gasteiger partial charge in [0.2, 0.25) is 0 Å². The molecule has 13 heavy (non-hydrogen) atoms. The Morgan fingerprint density at radius 3 is 3.15 bits per heavy atom. The monoisotopic (exact) mass is 237 g/mol. The summed E-state index contributed by atoms with van der Waals surface area (Å²) in [6, 6.07) is 6.99. The minimum atomic E-state index is -0.274. The number of rotatable bonds is 1. The van der Waals surface area contributed by atoms with Crippen LogP contribution in [0.3, 0.4) is 0 Å². The van der Waals surface area contributed by atoms with Gasteiger partial charge in [0, 0.05) is 16.2 Å². The molecule has 64 valence electrons. The Hall–Kier alpha value is -1.22. The average Bonchev–Trinajstić information content (AvgIpc) is 2.26. The Labute approximate surface area is 89.0 Å². The van der Waals surface area contributed by atoms with Crippen molar-refractivity contribution in [3.63, 3.8) is 0 Å². The highest BCUT2D eigenvalue weighted by molar-refractivity contribution is 9.10. The summed E-state index contributed by atoms with van der Waals surface area (Å²) in [5.41, 5.74) is 1.03. The van der Waals surface area contributed by atoms with Crippen LogP contribution in [0.15, 0.2) is 47.0 Å². The zero-order chi connectivity index (χ0) is 11.7. The first-order chi connectivity index (χ1) is 7.59. The van der Waals surface area contributed by atoms with Crippen LogP contribution in [0.4, 0.5) is 0 Å². The van der Waals surface area contributed by atoms with Crippen molar-refractivity contribution < 1.29 is 4.11 Å². The molecule has 0 aliphatic heterocycles. The Balaban J connectivity index is 2.61. The highest BCUT2D eigenvalue weighted by Crippen LogP contribution is 2.19. The van der Waals surface area contributed by atoms with Crippen LogP contribution in [0.5, 0.6) is 0 Å². The summed E-state index contributed by atoms with van der Waals surface area (Å²) in [5.74, 6) is 0. The van der Waals surface area contributed by atoms with E-state index in [1.807, 2.05) is 12.1 Å². The zero-order valence-electron chi connectivity index (χ0n) is 9.58. The fourth-order valence-corrected chi connectivity index (χ4v) is 1.38. The highest BCUT2D eigenvalue weighted by Gasteiger charge is 1.97. The van der Waals surface area contributed by atoms with Gasteiger partial charge in [-0.2, -0.15) is 10.2 Å². The van der Waals surface area contributed by atoms with E-state index in [0.717, 1.165) is 4.47 Å². The van der Waals surface area contributed by atoms with Crippen molar-refractivity contribution in [1.29, 1.82) is 0 Å². The molecule has 0 atom stereocenters. The van der Waals surface area contributed by atoms with Crippen LogP contribution in [0.25, 0.3) is 11.3 Å². The Morgan fingerprint density at radius 1 is 1.38 bits per heavy atom. The smallest absolute Gasteiger partial charge is 0.0930 e. The predicted molar refractivity (Wildman–Crippen MR) is 55.2 cm³/mol. The fourth-order valence-electron chi connectivity index (χ4n) is 0.978. The quantitative estimate of drug-likeness (QED) is 0.763. The van der Waals surface area contributed by atoms with Crippen LogP contribution >= 0.6 is 15.9 Å². The number of hydrogen-bond acceptors (Lipinski definition) is 2. The lowest BCUT2D eigenvalue weighted by Gasteiger charge is -1.98. The van der Waals surface area contributed by atoms with E-state index in [4.69, 9.17) is 4.11 Å². The van der Waals surface area contributed by atoms with Crippen molar-refractivity contribution in [2.75, 3.05) is 0 Å². The van der Waals surface area contributed by atoms with Gasteiger partial charge in [-0.3, -0.25) is 0 Å². The summed E-state index contributed by atoms with van der Waals surface area (Å²) in [5, 5.41) is 7.32. The van der Waals surface area contributed by atoms with Crippen LogP contribution in [0, 0.1) is 0 Å². The van der Waals surface area contributed by atoms with Gasteiger partial charge in [0.15, 0.2) is 0 Å². The molecule has 0 spiro atoms. The van der Waals surface area contributed by atoms with E-state index in [1.54, 1.807) is 12.1 Å². The first-order valence-corrected chi connectivity index (χ1v) is 4.45. The molecule has 0 amide bonds. The molecule has 0 N–H and O–H groups in total. The second-order valence-corrected chi connectivity index (χ2v) is 3.34. The van der Waals surface area contributed by atoms with Gasteiger partial charge in [-0.1, -0.05) is 28.1 Å². The molecule has 0 saturated carbocycles. The topological polar surface area (TPSA) is 25.8 Å². The standard InChI is InChI=1S/C10H7BrN2/c11-9-4-1-3-8(7-9)10-5-2-6-12-13-10/h1-7H/i2D,5D,6D. The maximum atomic E-state index is 7.72. The molecule has 3 heteroatoms. The zero-order valence-corrected chi connectivity index (χ0v) is 8.17. The van der Waals surface area contributed by atoms with Crippen molar-refractivity contribution in [3.05, 3.63) is 47.0 Å². The second-order valence-electron chi connectivity index (χ2n) is 2.42. The van der Waals surface area contributed by atoms with Crippen LogP contribution in [-0.4, -0.2) is 10.2 Å². The minimum absolute atomic E-state index is 0.0712. The highest BCUT2D eigenvalue weighted by atomic mass is 79.9. The molecule has 0 unspecified atom stereocenters. The van der Waals surface area contributed by atoms with Crippen molar-refractivity contribution in [2.45, 2.75) is 0 Å². The third-order valence-electron chi connectivity index (χ3n) is 1.53. The Morgan fingerprint density at radius 2 is 2.31 bits per heavy atom. The predicted octanol–water partition coefficient (Wildman–Crippen LogP) is 2.91. The van der Waals surface area contributed by atoms with Gasteiger partial charge < -0.3 is 0 Å². The van der Waals surface area contributed by atoms with Crippen LogP contribution in [-0.2, 0) is 0 Å². The summed E-state index contributed by atoms with van der Waals surface area (Å²) >= 11 is 3.32. The lowest BCUT2D eigenvalue weighted by atomic mass is 10.1. The van der Waals surface area contributed by atoms with Crippen molar-refractivity contribution in [1.82, 2.24) is 10.2 Å². The molecule has 1 aromatic carbocycles. The van der Waals surface area contributed by atoms with Gasteiger partial charge in [0.1, 0.15) is 0 Å². The molecule has 0 radical (unpaired) electrons. The van der Waals surface area contributed by atoms with Gasteiger partial charge in [-0.15, -0.1) is 0 Å². The van der Waals surface area contributed by atoms with Crippen LogP contribution in [0.1, 0.15) is 4.11 Å². The van der Waals surface area contributed by atoms with Gasteiger partial charge in [-0.25, -0.2) is 0 Å². The van der Waals surface area contributed by atoms with Crippen LogP contribution < -0.4 is 0 Å². The number of aromatic nitrogens is 2. The summed E-state index contributed by atoms with van der Waals surface area (Å²) in [4.78, 5) is 0. The third kappa shape index (κ3) is 1.92.